The molecule has 0 aromatic carbocycles. The predicted molar refractivity (Wildman–Crippen MR) is 74.0 cm³/mol. The van der Waals surface area contributed by atoms with Crippen molar-refractivity contribution < 1.29 is 19.4 Å². The highest BCUT2D eigenvalue weighted by atomic mass is 32.1. The van der Waals surface area contributed by atoms with E-state index in [0.29, 0.717) is 18.1 Å². The topological polar surface area (TPSA) is 79.7 Å². The van der Waals surface area contributed by atoms with Crippen molar-refractivity contribution in [3.63, 3.8) is 0 Å². The number of aromatic nitrogens is 1. The predicted octanol–water partition coefficient (Wildman–Crippen LogP) is 1.55. The minimum Gasteiger partial charge on any atom is -0.481 e. The summed E-state index contributed by atoms with van der Waals surface area (Å²) in [6.07, 6.45) is 3.03. The van der Waals surface area contributed by atoms with Gasteiger partial charge in [-0.25, -0.2) is 4.98 Å². The van der Waals surface area contributed by atoms with Crippen LogP contribution < -0.4 is 0 Å². The van der Waals surface area contributed by atoms with Gasteiger partial charge in [-0.3, -0.25) is 9.59 Å². The van der Waals surface area contributed by atoms with E-state index >= 15 is 0 Å². The van der Waals surface area contributed by atoms with Crippen molar-refractivity contribution >= 4 is 23.2 Å². The second kappa shape index (κ2) is 6.81. The van der Waals surface area contributed by atoms with Crippen LogP contribution in [0.1, 0.15) is 33.9 Å². The third-order valence-corrected chi connectivity index (χ3v) is 4.19. The summed E-state index contributed by atoms with van der Waals surface area (Å²) >= 11 is 1.34. The third kappa shape index (κ3) is 3.77. The average molecular weight is 298 g/mol. The van der Waals surface area contributed by atoms with Gasteiger partial charge in [-0.15, -0.1) is 11.3 Å². The zero-order valence-electron chi connectivity index (χ0n) is 11.4. The normalized spacial score (nSPS) is 16.1. The number of amides is 1. The lowest BCUT2D eigenvalue weighted by atomic mass is 10.1. The Kier molecular flexibility index (Phi) is 5.08. The lowest BCUT2D eigenvalue weighted by Crippen LogP contribution is -2.44. The fraction of sp³-hybridized carbons (Fsp3) is 0.615. The zero-order valence-corrected chi connectivity index (χ0v) is 12.2. The highest BCUT2D eigenvalue weighted by molar-refractivity contribution is 7.13. The summed E-state index contributed by atoms with van der Waals surface area (Å²) in [4.78, 5) is 29.6. The van der Waals surface area contributed by atoms with Crippen molar-refractivity contribution in [3.05, 3.63) is 16.1 Å². The molecular formula is C13H18N2O4S. The molecule has 6 nitrogen and oxygen atoms in total. The number of ether oxygens (including phenoxy) is 1. The molecule has 0 unspecified atom stereocenters. The van der Waals surface area contributed by atoms with Gasteiger partial charge in [0.1, 0.15) is 4.88 Å². The molecule has 0 saturated carbocycles. The SMILES string of the molecule is Cc1ncc(C(=O)N(CCC(=O)O)C2CCOCC2)s1. The molecule has 0 atom stereocenters. The Labute approximate surface area is 121 Å². The third-order valence-electron chi connectivity index (χ3n) is 3.29. The quantitative estimate of drug-likeness (QED) is 0.892. The largest absolute Gasteiger partial charge is 0.481 e. The summed E-state index contributed by atoms with van der Waals surface area (Å²) in [6.45, 7) is 3.31. The molecule has 1 saturated heterocycles. The molecule has 1 fully saturated rings. The number of hydrogen-bond donors (Lipinski definition) is 1. The number of carbonyl (C=O) groups excluding carboxylic acids is 1. The Morgan fingerprint density at radius 1 is 1.50 bits per heavy atom. The highest BCUT2D eigenvalue weighted by Gasteiger charge is 2.27. The monoisotopic (exact) mass is 298 g/mol. The van der Waals surface area contributed by atoms with Crippen molar-refractivity contribution in [3.8, 4) is 0 Å². The molecule has 0 bridgehead atoms. The van der Waals surface area contributed by atoms with Crippen LogP contribution in [0.5, 0.6) is 0 Å². The number of carboxylic acid groups (broad SMARTS) is 1. The van der Waals surface area contributed by atoms with Gasteiger partial charge in [0.2, 0.25) is 0 Å². The van der Waals surface area contributed by atoms with E-state index in [2.05, 4.69) is 4.98 Å². The molecule has 1 aromatic rings. The number of aryl methyl sites for hydroxylation is 1. The molecule has 0 spiro atoms. The Balaban J connectivity index is 2.11. The van der Waals surface area contributed by atoms with Gasteiger partial charge >= 0.3 is 5.97 Å². The number of carboxylic acids is 1. The number of aliphatic carboxylic acids is 1. The maximum absolute atomic E-state index is 12.5. The Morgan fingerprint density at radius 2 is 2.20 bits per heavy atom. The van der Waals surface area contributed by atoms with E-state index < -0.39 is 5.97 Å². The van der Waals surface area contributed by atoms with E-state index in [9.17, 15) is 9.59 Å². The van der Waals surface area contributed by atoms with Crippen LogP contribution in [0.25, 0.3) is 0 Å². The van der Waals surface area contributed by atoms with Crippen LogP contribution in [0, 0.1) is 6.92 Å². The van der Waals surface area contributed by atoms with E-state index in [1.807, 2.05) is 6.92 Å². The summed E-state index contributed by atoms with van der Waals surface area (Å²) in [5, 5.41) is 9.68. The van der Waals surface area contributed by atoms with Gasteiger partial charge in [0, 0.05) is 25.8 Å². The number of nitrogens with zero attached hydrogens (tertiary/aromatic N) is 2. The van der Waals surface area contributed by atoms with Crippen LogP contribution in [0.2, 0.25) is 0 Å². The average Bonchev–Trinajstić information content (AvgIpc) is 2.86. The van der Waals surface area contributed by atoms with Gasteiger partial charge in [0.15, 0.2) is 0 Å². The minimum absolute atomic E-state index is 0.0408. The van der Waals surface area contributed by atoms with Gasteiger partial charge < -0.3 is 14.7 Å². The first-order chi connectivity index (χ1) is 9.58. The molecule has 1 N–H and O–H groups in total. The molecule has 1 aromatic heterocycles. The molecule has 2 rings (SSSR count). The van der Waals surface area contributed by atoms with Crippen molar-refractivity contribution in [2.24, 2.45) is 0 Å². The van der Waals surface area contributed by atoms with E-state index in [-0.39, 0.29) is 24.9 Å². The molecule has 20 heavy (non-hydrogen) atoms. The smallest absolute Gasteiger partial charge is 0.305 e. The van der Waals surface area contributed by atoms with Gasteiger partial charge in [0.25, 0.3) is 5.91 Å². The van der Waals surface area contributed by atoms with Crippen molar-refractivity contribution in [2.45, 2.75) is 32.2 Å². The first kappa shape index (κ1) is 14.9. The first-order valence-electron chi connectivity index (χ1n) is 6.61. The first-order valence-corrected chi connectivity index (χ1v) is 7.42. The second-order valence-corrected chi connectivity index (χ2v) is 5.96. The lowest BCUT2D eigenvalue weighted by Gasteiger charge is -2.33. The Hall–Kier alpha value is -1.47. The number of hydrogen-bond acceptors (Lipinski definition) is 5. The van der Waals surface area contributed by atoms with E-state index in [4.69, 9.17) is 9.84 Å². The number of rotatable bonds is 5. The summed E-state index contributed by atoms with van der Waals surface area (Å²) in [7, 11) is 0. The highest BCUT2D eigenvalue weighted by Crippen LogP contribution is 2.21. The summed E-state index contributed by atoms with van der Waals surface area (Å²) in [5.74, 6) is -1.01. The Morgan fingerprint density at radius 3 is 2.75 bits per heavy atom. The maximum atomic E-state index is 12.5. The van der Waals surface area contributed by atoms with Gasteiger partial charge in [-0.2, -0.15) is 0 Å². The second-order valence-electron chi connectivity index (χ2n) is 4.73. The molecule has 2 heterocycles. The van der Waals surface area contributed by atoms with Crippen LogP contribution >= 0.6 is 11.3 Å². The lowest BCUT2D eigenvalue weighted by molar-refractivity contribution is -0.137. The van der Waals surface area contributed by atoms with Crippen LogP contribution in [0.3, 0.4) is 0 Å². The minimum atomic E-state index is -0.893. The molecule has 1 amide bonds. The number of carbonyl (C=O) groups is 2. The van der Waals surface area contributed by atoms with Crippen molar-refractivity contribution in [1.29, 1.82) is 0 Å². The summed E-state index contributed by atoms with van der Waals surface area (Å²) < 4.78 is 5.30. The maximum Gasteiger partial charge on any atom is 0.305 e. The van der Waals surface area contributed by atoms with Crippen molar-refractivity contribution in [2.75, 3.05) is 19.8 Å². The van der Waals surface area contributed by atoms with Gasteiger partial charge in [-0.05, 0) is 19.8 Å². The zero-order chi connectivity index (χ0) is 14.5. The molecule has 7 heteroatoms. The van der Waals surface area contributed by atoms with Crippen LogP contribution in [-0.2, 0) is 9.53 Å². The van der Waals surface area contributed by atoms with Crippen LogP contribution in [-0.4, -0.2) is 52.7 Å². The molecule has 1 aliphatic heterocycles. The fourth-order valence-corrected chi connectivity index (χ4v) is 3.00. The van der Waals surface area contributed by atoms with Crippen LogP contribution in [0.4, 0.5) is 0 Å². The van der Waals surface area contributed by atoms with Crippen molar-refractivity contribution in [1.82, 2.24) is 9.88 Å². The van der Waals surface area contributed by atoms with E-state index in [1.54, 1.807) is 11.1 Å². The molecule has 1 aliphatic rings. The fourth-order valence-electron chi connectivity index (χ4n) is 2.26. The van der Waals surface area contributed by atoms with Gasteiger partial charge in [-0.1, -0.05) is 0 Å². The molecule has 0 aliphatic carbocycles. The molecular weight excluding hydrogens is 280 g/mol. The molecule has 110 valence electrons. The van der Waals surface area contributed by atoms with Crippen LogP contribution in [0.15, 0.2) is 6.20 Å². The van der Waals surface area contributed by atoms with Gasteiger partial charge in [0.05, 0.1) is 17.6 Å². The molecule has 0 radical (unpaired) electrons. The number of thiazole rings is 1. The van der Waals surface area contributed by atoms with E-state index in [1.165, 1.54) is 11.3 Å². The summed E-state index contributed by atoms with van der Waals surface area (Å²) in [5.41, 5.74) is 0. The Bertz CT molecular complexity index is 482. The van der Waals surface area contributed by atoms with E-state index in [0.717, 1.165) is 17.8 Å². The standard InChI is InChI=1S/C13H18N2O4S/c1-9-14-8-11(20-9)13(18)15(5-2-12(16)17)10-3-6-19-7-4-10/h8,10H,2-7H2,1H3,(H,16,17). The summed E-state index contributed by atoms with van der Waals surface area (Å²) in [6, 6.07) is 0.0537.